The Kier molecular flexibility index (Phi) is 2.06. The van der Waals surface area contributed by atoms with E-state index < -0.39 is 0 Å². The quantitative estimate of drug-likeness (QED) is 0.560. The molecule has 1 aromatic heterocycles. The van der Waals surface area contributed by atoms with E-state index in [-0.39, 0.29) is 12.5 Å². The van der Waals surface area contributed by atoms with E-state index in [2.05, 4.69) is 11.6 Å². The van der Waals surface area contributed by atoms with E-state index in [1.807, 2.05) is 0 Å². The Morgan fingerprint density at radius 1 is 1.91 bits per heavy atom. The SMILES string of the molecule is C=Cc1[nH]cc[n+]1CC(N)=O. The van der Waals surface area contributed by atoms with Crippen LogP contribution in [0, 0.1) is 0 Å². The van der Waals surface area contributed by atoms with Gasteiger partial charge in [-0.3, -0.25) is 4.79 Å². The van der Waals surface area contributed by atoms with E-state index in [9.17, 15) is 4.79 Å². The van der Waals surface area contributed by atoms with Gasteiger partial charge in [0.25, 0.3) is 11.7 Å². The van der Waals surface area contributed by atoms with Crippen molar-refractivity contribution >= 4 is 12.0 Å². The van der Waals surface area contributed by atoms with Crippen LogP contribution >= 0.6 is 0 Å². The number of nitrogens with zero attached hydrogens (tertiary/aromatic N) is 1. The molecule has 1 aromatic rings. The first-order valence-electron chi connectivity index (χ1n) is 3.21. The molecule has 0 fully saturated rings. The maximum atomic E-state index is 10.5. The van der Waals surface area contributed by atoms with Crippen molar-refractivity contribution in [3.8, 4) is 0 Å². The molecule has 0 saturated carbocycles. The lowest BCUT2D eigenvalue weighted by Gasteiger charge is -1.91. The van der Waals surface area contributed by atoms with Gasteiger partial charge in [0, 0.05) is 6.08 Å². The number of H-pyrrole nitrogens is 1. The number of nitrogens with one attached hydrogen (secondary N) is 1. The topological polar surface area (TPSA) is 62.8 Å². The first-order valence-corrected chi connectivity index (χ1v) is 3.21. The van der Waals surface area contributed by atoms with Gasteiger partial charge in [-0.25, -0.2) is 9.55 Å². The predicted octanol–water partition coefficient (Wildman–Crippen LogP) is -0.569. The van der Waals surface area contributed by atoms with E-state index in [4.69, 9.17) is 5.73 Å². The summed E-state index contributed by atoms with van der Waals surface area (Å²) in [7, 11) is 0. The van der Waals surface area contributed by atoms with Crippen LogP contribution in [0.3, 0.4) is 0 Å². The zero-order valence-corrected chi connectivity index (χ0v) is 6.08. The number of nitrogens with two attached hydrogens (primary N) is 1. The largest absolute Gasteiger partial charge is 0.366 e. The molecule has 0 spiro atoms. The van der Waals surface area contributed by atoms with Crippen molar-refractivity contribution in [2.45, 2.75) is 6.54 Å². The molecule has 0 unspecified atom stereocenters. The number of aromatic amines is 1. The summed E-state index contributed by atoms with van der Waals surface area (Å²) in [5, 5.41) is 0. The Morgan fingerprint density at radius 3 is 3.18 bits per heavy atom. The molecule has 1 amide bonds. The summed E-state index contributed by atoms with van der Waals surface area (Å²) < 4.78 is 1.69. The van der Waals surface area contributed by atoms with Crippen LogP contribution < -0.4 is 10.3 Å². The van der Waals surface area contributed by atoms with Gasteiger partial charge in [-0.15, -0.1) is 0 Å². The van der Waals surface area contributed by atoms with Gasteiger partial charge in [0.1, 0.15) is 12.4 Å². The summed E-state index contributed by atoms with van der Waals surface area (Å²) in [4.78, 5) is 13.4. The minimum Gasteiger partial charge on any atom is -0.366 e. The van der Waals surface area contributed by atoms with E-state index >= 15 is 0 Å². The molecule has 0 radical (unpaired) electrons. The van der Waals surface area contributed by atoms with Crippen LogP contribution in [-0.4, -0.2) is 10.9 Å². The van der Waals surface area contributed by atoms with Crippen molar-refractivity contribution < 1.29 is 9.36 Å². The summed E-state index contributed by atoms with van der Waals surface area (Å²) in [6.45, 7) is 3.75. The number of aromatic nitrogens is 2. The average molecular weight is 152 g/mol. The van der Waals surface area contributed by atoms with Gasteiger partial charge in [0.2, 0.25) is 0 Å². The van der Waals surface area contributed by atoms with Crippen molar-refractivity contribution in [3.63, 3.8) is 0 Å². The molecular formula is C7H10N3O+. The molecule has 0 aliphatic heterocycles. The second kappa shape index (κ2) is 3.01. The van der Waals surface area contributed by atoms with Gasteiger partial charge >= 0.3 is 0 Å². The highest BCUT2D eigenvalue weighted by Crippen LogP contribution is 1.86. The van der Waals surface area contributed by atoms with Crippen LogP contribution in [0.1, 0.15) is 5.82 Å². The minimum absolute atomic E-state index is 0.185. The lowest BCUT2D eigenvalue weighted by Crippen LogP contribution is -2.41. The second-order valence-corrected chi connectivity index (χ2v) is 2.14. The molecule has 0 aromatic carbocycles. The van der Waals surface area contributed by atoms with E-state index in [0.717, 1.165) is 5.82 Å². The summed E-state index contributed by atoms with van der Waals surface area (Å²) in [6, 6.07) is 0. The summed E-state index contributed by atoms with van der Waals surface area (Å²) in [6.07, 6.45) is 5.09. The van der Waals surface area contributed by atoms with Crippen LogP contribution in [0.4, 0.5) is 0 Å². The predicted molar refractivity (Wildman–Crippen MR) is 40.3 cm³/mol. The standard InChI is InChI=1S/C7H9N3O/c1-2-7-9-3-4-10(7)5-6(8)11/h2-4H,1,5H2,(H2,8,11)/p+1. The number of imidazole rings is 1. The minimum atomic E-state index is -0.363. The monoisotopic (exact) mass is 152 g/mol. The fourth-order valence-corrected chi connectivity index (χ4v) is 0.858. The van der Waals surface area contributed by atoms with Gasteiger partial charge in [-0.2, -0.15) is 0 Å². The molecule has 0 atom stereocenters. The van der Waals surface area contributed by atoms with Gasteiger partial charge in [0.05, 0.1) is 0 Å². The van der Waals surface area contributed by atoms with Gasteiger partial charge in [-0.1, -0.05) is 6.58 Å². The van der Waals surface area contributed by atoms with Crippen LogP contribution in [0.5, 0.6) is 0 Å². The second-order valence-electron chi connectivity index (χ2n) is 2.14. The lowest BCUT2D eigenvalue weighted by atomic mass is 10.5. The molecule has 0 saturated heterocycles. The zero-order valence-electron chi connectivity index (χ0n) is 6.08. The van der Waals surface area contributed by atoms with Crippen LogP contribution in [-0.2, 0) is 11.3 Å². The molecule has 3 N–H and O–H groups in total. The van der Waals surface area contributed by atoms with Crippen molar-refractivity contribution in [2.24, 2.45) is 5.73 Å². The van der Waals surface area contributed by atoms with Crippen molar-refractivity contribution in [3.05, 3.63) is 24.8 Å². The maximum Gasteiger partial charge on any atom is 0.279 e. The number of primary amides is 1. The van der Waals surface area contributed by atoms with Gasteiger partial charge in [-0.05, 0) is 0 Å². The van der Waals surface area contributed by atoms with Gasteiger partial charge < -0.3 is 5.73 Å². The average Bonchev–Trinajstić information content (AvgIpc) is 2.34. The highest BCUT2D eigenvalue weighted by atomic mass is 16.1. The van der Waals surface area contributed by atoms with E-state index in [0.29, 0.717) is 0 Å². The Balaban J connectivity index is 2.84. The first kappa shape index (κ1) is 7.53. The molecule has 4 heteroatoms. The van der Waals surface area contributed by atoms with E-state index in [1.165, 1.54) is 0 Å². The highest BCUT2D eigenvalue weighted by molar-refractivity contribution is 5.72. The lowest BCUT2D eigenvalue weighted by molar-refractivity contribution is -0.684. The molecule has 0 aliphatic rings. The number of carbonyl (C=O) groups excluding carboxylic acids is 1. The Bertz CT molecular complexity index is 277. The van der Waals surface area contributed by atoms with Crippen LogP contribution in [0.25, 0.3) is 6.08 Å². The fourth-order valence-electron chi connectivity index (χ4n) is 0.858. The normalized spacial score (nSPS) is 9.45. The maximum absolute atomic E-state index is 10.5. The molecule has 4 nitrogen and oxygen atoms in total. The number of hydrogen-bond acceptors (Lipinski definition) is 1. The highest BCUT2D eigenvalue weighted by Gasteiger charge is 2.07. The number of amides is 1. The number of carbonyl (C=O) groups is 1. The van der Waals surface area contributed by atoms with Crippen LogP contribution in [0.2, 0.25) is 0 Å². The molecule has 11 heavy (non-hydrogen) atoms. The molecule has 1 heterocycles. The third kappa shape index (κ3) is 1.67. The number of rotatable bonds is 3. The van der Waals surface area contributed by atoms with Crippen molar-refractivity contribution in [2.75, 3.05) is 0 Å². The fraction of sp³-hybridized carbons (Fsp3) is 0.143. The summed E-state index contributed by atoms with van der Waals surface area (Å²) >= 11 is 0. The summed E-state index contributed by atoms with van der Waals surface area (Å²) in [5.74, 6) is 0.418. The third-order valence-corrected chi connectivity index (χ3v) is 1.31. The van der Waals surface area contributed by atoms with Crippen molar-refractivity contribution in [1.82, 2.24) is 4.98 Å². The Labute approximate surface area is 64.3 Å². The van der Waals surface area contributed by atoms with Crippen molar-refractivity contribution in [1.29, 1.82) is 0 Å². The molecular weight excluding hydrogens is 142 g/mol. The third-order valence-electron chi connectivity index (χ3n) is 1.31. The molecule has 0 bridgehead atoms. The van der Waals surface area contributed by atoms with Gasteiger partial charge in [0.15, 0.2) is 6.54 Å². The molecule has 1 rings (SSSR count). The van der Waals surface area contributed by atoms with E-state index in [1.54, 1.807) is 23.0 Å². The first-order chi connectivity index (χ1) is 5.24. The smallest absolute Gasteiger partial charge is 0.279 e. The molecule has 58 valence electrons. The number of hydrogen-bond donors (Lipinski definition) is 2. The Morgan fingerprint density at radius 2 is 2.64 bits per heavy atom. The molecule has 0 aliphatic carbocycles. The summed E-state index contributed by atoms with van der Waals surface area (Å²) in [5.41, 5.74) is 5.00. The Hall–Kier alpha value is -1.58. The van der Waals surface area contributed by atoms with Crippen LogP contribution in [0.15, 0.2) is 19.0 Å². The zero-order chi connectivity index (χ0) is 8.27.